The fourth-order valence-electron chi connectivity index (χ4n) is 2.34. The molecule has 0 saturated carbocycles. The van der Waals surface area contributed by atoms with Gasteiger partial charge in [-0.05, 0) is 37.6 Å². The highest BCUT2D eigenvalue weighted by Gasteiger charge is 2.32. The highest BCUT2D eigenvalue weighted by atomic mass is 127. The number of nitrogens with zero attached hydrogens (tertiary/aromatic N) is 1. The van der Waals surface area contributed by atoms with Crippen molar-refractivity contribution in [3.05, 3.63) is 34.9 Å². The molecule has 0 radical (unpaired) electrons. The van der Waals surface area contributed by atoms with Gasteiger partial charge in [0.1, 0.15) is 0 Å². The van der Waals surface area contributed by atoms with Crippen LogP contribution in [0.1, 0.15) is 36.0 Å². The van der Waals surface area contributed by atoms with Gasteiger partial charge in [-0.3, -0.25) is 0 Å². The summed E-state index contributed by atoms with van der Waals surface area (Å²) in [6.45, 7) is 8.11. The summed E-state index contributed by atoms with van der Waals surface area (Å²) in [6.07, 6.45) is 1.32. The summed E-state index contributed by atoms with van der Waals surface area (Å²) in [5.41, 5.74) is 4.57. The quantitative estimate of drug-likeness (QED) is 0.569. The number of benzene rings is 1. The number of aryl methyl sites for hydroxylation is 1. The third-order valence-electron chi connectivity index (χ3n) is 3.41. The van der Waals surface area contributed by atoms with Crippen molar-refractivity contribution >= 4 is 22.6 Å². The molecule has 0 N–H and O–H groups in total. The van der Waals surface area contributed by atoms with Gasteiger partial charge in [-0.25, -0.2) is 0 Å². The lowest BCUT2D eigenvalue weighted by molar-refractivity contribution is 0.291. The summed E-state index contributed by atoms with van der Waals surface area (Å²) in [6, 6.07) is 6.90. The maximum atomic E-state index is 2.58. The molecule has 0 fully saturated rings. The van der Waals surface area contributed by atoms with Crippen LogP contribution in [0.3, 0.4) is 0 Å². The number of likely N-dealkylation sites (N-methyl/N-ethyl adjacent to an activating group) is 1. The first kappa shape index (κ1) is 12.4. The molecule has 1 aromatic carbocycles. The Morgan fingerprint density at radius 3 is 2.75 bits per heavy atom. The molecule has 0 heterocycles. The molecule has 0 aliphatic heterocycles. The smallest absolute Gasteiger partial charge is 0.0223 e. The first-order chi connectivity index (χ1) is 7.76. The average molecular weight is 329 g/mol. The van der Waals surface area contributed by atoms with Crippen LogP contribution in [0.15, 0.2) is 18.2 Å². The molecule has 1 aromatic rings. The maximum Gasteiger partial charge on any atom is 0.0223 e. The van der Waals surface area contributed by atoms with E-state index in [2.05, 4.69) is 59.5 Å². The predicted molar refractivity (Wildman–Crippen MR) is 78.6 cm³/mol. The lowest BCUT2D eigenvalue weighted by Crippen LogP contribution is -2.26. The molecule has 16 heavy (non-hydrogen) atoms. The Bertz CT molecular complexity index is 362. The summed E-state index contributed by atoms with van der Waals surface area (Å²) in [5, 5.41) is 0. The van der Waals surface area contributed by atoms with Crippen molar-refractivity contribution in [2.45, 2.75) is 26.2 Å². The minimum absolute atomic E-state index is 0.739. The summed E-state index contributed by atoms with van der Waals surface area (Å²) in [5.74, 6) is 0.739. The molecule has 0 bridgehead atoms. The minimum atomic E-state index is 0.739. The number of rotatable bonds is 6. The van der Waals surface area contributed by atoms with Gasteiger partial charge in [-0.1, -0.05) is 53.3 Å². The summed E-state index contributed by atoms with van der Waals surface area (Å²) in [4.78, 5) is 2.58. The van der Waals surface area contributed by atoms with E-state index in [0.29, 0.717) is 0 Å². The van der Waals surface area contributed by atoms with Crippen molar-refractivity contribution in [1.82, 2.24) is 4.90 Å². The molecule has 1 nitrogen and oxygen atoms in total. The number of fused-ring (bicyclic) bond motifs is 1. The average Bonchev–Trinajstić information content (AvgIpc) is 2.96. The fraction of sp³-hybridized carbons (Fsp3) is 0.571. The van der Waals surface area contributed by atoms with Gasteiger partial charge in [0, 0.05) is 16.9 Å². The first-order valence-corrected chi connectivity index (χ1v) is 7.67. The number of hydrogen-bond donors (Lipinski definition) is 0. The van der Waals surface area contributed by atoms with Gasteiger partial charge < -0.3 is 4.90 Å². The highest BCUT2D eigenvalue weighted by Crippen LogP contribution is 2.44. The lowest BCUT2D eigenvalue weighted by Gasteiger charge is -2.19. The molecule has 1 aliphatic rings. The van der Waals surface area contributed by atoms with Crippen LogP contribution in [0.2, 0.25) is 0 Å². The van der Waals surface area contributed by atoms with Gasteiger partial charge in [0.25, 0.3) is 0 Å². The monoisotopic (exact) mass is 329 g/mol. The molecule has 1 aliphatic carbocycles. The van der Waals surface area contributed by atoms with Gasteiger partial charge in [-0.15, -0.1) is 0 Å². The molecule has 1 atom stereocenters. The summed E-state index contributed by atoms with van der Waals surface area (Å²) >= 11 is 2.46. The van der Waals surface area contributed by atoms with E-state index in [1.54, 1.807) is 11.1 Å². The van der Waals surface area contributed by atoms with E-state index in [0.717, 1.165) is 5.92 Å². The van der Waals surface area contributed by atoms with E-state index in [9.17, 15) is 0 Å². The van der Waals surface area contributed by atoms with Gasteiger partial charge >= 0.3 is 0 Å². The van der Waals surface area contributed by atoms with E-state index >= 15 is 0 Å². The number of alkyl halides is 1. The maximum absolute atomic E-state index is 2.58. The summed E-state index contributed by atoms with van der Waals surface area (Å²) < 4.78 is 1.27. The second kappa shape index (κ2) is 5.50. The van der Waals surface area contributed by atoms with Crippen molar-refractivity contribution in [3.8, 4) is 0 Å². The topological polar surface area (TPSA) is 3.24 Å². The predicted octanol–water partition coefficient (Wildman–Crippen LogP) is 3.59. The van der Waals surface area contributed by atoms with Crippen LogP contribution in [0.5, 0.6) is 0 Å². The lowest BCUT2D eigenvalue weighted by atomic mass is 10.2. The second-order valence-electron chi connectivity index (χ2n) is 4.62. The molecule has 2 heteroatoms. The van der Waals surface area contributed by atoms with E-state index in [-0.39, 0.29) is 0 Å². The zero-order chi connectivity index (χ0) is 11.5. The van der Waals surface area contributed by atoms with Crippen LogP contribution >= 0.6 is 22.6 Å². The van der Waals surface area contributed by atoms with Gasteiger partial charge in [-0.2, -0.15) is 0 Å². The summed E-state index contributed by atoms with van der Waals surface area (Å²) in [7, 11) is 0. The zero-order valence-electron chi connectivity index (χ0n) is 10.2. The minimum Gasteiger partial charge on any atom is -0.303 e. The molecular weight excluding hydrogens is 309 g/mol. The SMILES string of the molecule is CCN(CCCI)CC1c2ccc(C)cc21. The van der Waals surface area contributed by atoms with Crippen molar-refractivity contribution in [3.63, 3.8) is 0 Å². The Hall–Kier alpha value is -0.0900. The van der Waals surface area contributed by atoms with Gasteiger partial charge in [0.05, 0.1) is 0 Å². The molecule has 0 saturated heterocycles. The third-order valence-corrected chi connectivity index (χ3v) is 4.17. The molecule has 88 valence electrons. The Kier molecular flexibility index (Phi) is 4.25. The van der Waals surface area contributed by atoms with Crippen molar-refractivity contribution < 1.29 is 0 Å². The fourth-order valence-corrected chi connectivity index (χ4v) is 2.68. The van der Waals surface area contributed by atoms with Crippen LogP contribution in [-0.2, 0) is 0 Å². The molecule has 0 spiro atoms. The van der Waals surface area contributed by atoms with Crippen molar-refractivity contribution in [2.24, 2.45) is 0 Å². The third kappa shape index (κ3) is 2.77. The normalized spacial score (nSPS) is 17.6. The molecule has 0 amide bonds. The number of hydrogen-bond acceptors (Lipinski definition) is 1. The second-order valence-corrected chi connectivity index (χ2v) is 5.70. The Labute approximate surface area is 112 Å². The van der Waals surface area contributed by atoms with E-state index in [1.807, 2.05) is 0 Å². The molecular formula is C14H20IN. The number of halogens is 1. The highest BCUT2D eigenvalue weighted by molar-refractivity contribution is 14.1. The van der Waals surface area contributed by atoms with E-state index in [1.165, 1.54) is 36.0 Å². The van der Waals surface area contributed by atoms with Crippen molar-refractivity contribution in [2.75, 3.05) is 24.1 Å². The largest absolute Gasteiger partial charge is 0.303 e. The Morgan fingerprint density at radius 1 is 1.31 bits per heavy atom. The standard InChI is InChI=1S/C14H20IN/c1-3-16(8-4-7-15)10-14-12-6-5-11(2)9-13(12)14/h5-6,9,14H,3-4,7-8,10H2,1-2H3. The van der Waals surface area contributed by atoms with Crippen LogP contribution in [0.4, 0.5) is 0 Å². The Morgan fingerprint density at radius 2 is 2.12 bits per heavy atom. The Balaban J connectivity index is 1.88. The van der Waals surface area contributed by atoms with Crippen LogP contribution in [-0.4, -0.2) is 29.0 Å². The molecule has 0 aromatic heterocycles. The van der Waals surface area contributed by atoms with E-state index in [4.69, 9.17) is 0 Å². The van der Waals surface area contributed by atoms with E-state index < -0.39 is 0 Å². The van der Waals surface area contributed by atoms with Crippen molar-refractivity contribution in [1.29, 1.82) is 0 Å². The van der Waals surface area contributed by atoms with Crippen LogP contribution in [0, 0.1) is 6.92 Å². The van der Waals surface area contributed by atoms with Gasteiger partial charge in [0.15, 0.2) is 0 Å². The zero-order valence-corrected chi connectivity index (χ0v) is 12.3. The first-order valence-electron chi connectivity index (χ1n) is 6.15. The van der Waals surface area contributed by atoms with Crippen LogP contribution in [0.25, 0.3) is 0 Å². The van der Waals surface area contributed by atoms with Crippen LogP contribution < -0.4 is 0 Å². The molecule has 2 rings (SSSR count). The van der Waals surface area contributed by atoms with Gasteiger partial charge in [0.2, 0.25) is 0 Å². The molecule has 1 unspecified atom stereocenters.